The number of hydrogen-bond donors (Lipinski definition) is 2. The topological polar surface area (TPSA) is 55.1 Å². The fourth-order valence-electron chi connectivity index (χ4n) is 2.11. The highest BCUT2D eigenvalue weighted by Crippen LogP contribution is 2.29. The van der Waals surface area contributed by atoms with Crippen molar-refractivity contribution >= 4 is 11.6 Å². The van der Waals surface area contributed by atoms with Crippen molar-refractivity contribution in [2.75, 3.05) is 5.73 Å². The molecule has 0 bridgehead atoms. The second-order valence-corrected chi connectivity index (χ2v) is 4.78. The van der Waals surface area contributed by atoms with Crippen molar-refractivity contribution in [1.82, 2.24) is 5.32 Å². The maximum absolute atomic E-state index is 13.6. The predicted octanol–water partition coefficient (Wildman–Crippen LogP) is 2.47. The van der Waals surface area contributed by atoms with Crippen LogP contribution in [0.25, 0.3) is 0 Å². The van der Waals surface area contributed by atoms with Crippen molar-refractivity contribution in [2.45, 2.75) is 32.2 Å². The van der Waals surface area contributed by atoms with Crippen molar-refractivity contribution in [3.8, 4) is 0 Å². The molecule has 0 saturated heterocycles. The number of halogens is 2. The van der Waals surface area contributed by atoms with E-state index in [4.69, 9.17) is 5.73 Å². The first-order valence-corrected chi connectivity index (χ1v) is 6.05. The number of anilines is 1. The number of benzene rings is 1. The number of nitrogen functional groups attached to an aromatic ring is 1. The Balaban J connectivity index is 2.15. The SMILES string of the molecule is CC(NC(=O)c1c(F)ccc(N)c1F)C1CCC1. The van der Waals surface area contributed by atoms with E-state index in [9.17, 15) is 13.6 Å². The van der Waals surface area contributed by atoms with Gasteiger partial charge in [0.15, 0.2) is 5.82 Å². The van der Waals surface area contributed by atoms with Crippen molar-refractivity contribution in [3.05, 3.63) is 29.3 Å². The van der Waals surface area contributed by atoms with E-state index >= 15 is 0 Å². The van der Waals surface area contributed by atoms with E-state index < -0.39 is 23.1 Å². The number of rotatable bonds is 3. The van der Waals surface area contributed by atoms with E-state index in [1.807, 2.05) is 6.92 Å². The maximum atomic E-state index is 13.6. The van der Waals surface area contributed by atoms with E-state index in [1.165, 1.54) is 0 Å². The summed E-state index contributed by atoms with van der Waals surface area (Å²) in [5.41, 5.74) is 4.51. The van der Waals surface area contributed by atoms with E-state index in [-0.39, 0.29) is 11.7 Å². The Hall–Kier alpha value is -1.65. The normalized spacial score (nSPS) is 17.1. The second kappa shape index (κ2) is 4.92. The molecular formula is C13H16F2N2O. The van der Waals surface area contributed by atoms with Gasteiger partial charge in [-0.2, -0.15) is 0 Å². The van der Waals surface area contributed by atoms with Gasteiger partial charge in [-0.05, 0) is 37.8 Å². The van der Waals surface area contributed by atoms with Gasteiger partial charge < -0.3 is 11.1 Å². The third-order valence-electron chi connectivity index (χ3n) is 3.56. The molecule has 2 rings (SSSR count). The molecule has 0 radical (unpaired) electrons. The van der Waals surface area contributed by atoms with Gasteiger partial charge in [0, 0.05) is 6.04 Å². The minimum absolute atomic E-state index is 0.0773. The van der Waals surface area contributed by atoms with Crippen LogP contribution < -0.4 is 11.1 Å². The van der Waals surface area contributed by atoms with Gasteiger partial charge in [-0.1, -0.05) is 6.42 Å². The van der Waals surface area contributed by atoms with Crippen LogP contribution in [0.3, 0.4) is 0 Å². The van der Waals surface area contributed by atoms with Crippen LogP contribution in [0.1, 0.15) is 36.5 Å². The number of carbonyl (C=O) groups excluding carboxylic acids is 1. The second-order valence-electron chi connectivity index (χ2n) is 4.78. The van der Waals surface area contributed by atoms with Gasteiger partial charge in [-0.25, -0.2) is 8.78 Å². The van der Waals surface area contributed by atoms with Crippen LogP contribution in [0.4, 0.5) is 14.5 Å². The summed E-state index contributed by atoms with van der Waals surface area (Å²) < 4.78 is 27.1. The Bertz CT molecular complexity index is 472. The molecule has 0 aromatic heterocycles. The molecule has 1 amide bonds. The summed E-state index contributed by atoms with van der Waals surface area (Å²) in [7, 11) is 0. The fraction of sp³-hybridized carbons (Fsp3) is 0.462. The number of carbonyl (C=O) groups is 1. The van der Waals surface area contributed by atoms with Crippen LogP contribution in [-0.2, 0) is 0 Å². The highest BCUT2D eigenvalue weighted by atomic mass is 19.1. The Morgan fingerprint density at radius 1 is 1.44 bits per heavy atom. The van der Waals surface area contributed by atoms with Gasteiger partial charge in [0.25, 0.3) is 5.91 Å². The van der Waals surface area contributed by atoms with E-state index in [0.29, 0.717) is 5.92 Å². The summed E-state index contributed by atoms with van der Waals surface area (Å²) in [4.78, 5) is 11.8. The fourth-order valence-corrected chi connectivity index (χ4v) is 2.11. The summed E-state index contributed by atoms with van der Waals surface area (Å²) >= 11 is 0. The molecule has 0 aliphatic heterocycles. The molecule has 1 unspecified atom stereocenters. The van der Waals surface area contributed by atoms with Crippen LogP contribution in [0.15, 0.2) is 12.1 Å². The van der Waals surface area contributed by atoms with E-state index in [2.05, 4.69) is 5.32 Å². The monoisotopic (exact) mass is 254 g/mol. The molecule has 1 aromatic carbocycles. The third-order valence-corrected chi connectivity index (χ3v) is 3.56. The van der Waals surface area contributed by atoms with Crippen molar-refractivity contribution in [3.63, 3.8) is 0 Å². The number of nitrogens with one attached hydrogen (secondary N) is 1. The number of hydrogen-bond acceptors (Lipinski definition) is 2. The summed E-state index contributed by atoms with van der Waals surface area (Å²) in [5, 5.41) is 2.63. The quantitative estimate of drug-likeness (QED) is 0.814. The van der Waals surface area contributed by atoms with Gasteiger partial charge in [0.05, 0.1) is 5.69 Å². The highest BCUT2D eigenvalue weighted by molar-refractivity contribution is 5.95. The molecule has 1 aromatic rings. The standard InChI is InChI=1S/C13H16F2N2O/c1-7(8-3-2-4-8)17-13(18)11-9(14)5-6-10(16)12(11)15/h5-8H,2-4,16H2,1H3,(H,17,18). The molecule has 1 aliphatic rings. The molecule has 98 valence electrons. The minimum atomic E-state index is -0.992. The summed E-state index contributed by atoms with van der Waals surface area (Å²) in [6.07, 6.45) is 3.23. The van der Waals surface area contributed by atoms with Crippen LogP contribution in [0.5, 0.6) is 0 Å². The molecule has 0 spiro atoms. The lowest BCUT2D eigenvalue weighted by atomic mass is 9.80. The van der Waals surface area contributed by atoms with Crippen LogP contribution in [-0.4, -0.2) is 11.9 Å². The van der Waals surface area contributed by atoms with Gasteiger partial charge in [-0.3, -0.25) is 4.79 Å². The molecule has 3 N–H and O–H groups in total. The van der Waals surface area contributed by atoms with Crippen LogP contribution in [0, 0.1) is 17.6 Å². The molecule has 1 atom stereocenters. The maximum Gasteiger partial charge on any atom is 0.257 e. The number of amides is 1. The zero-order valence-electron chi connectivity index (χ0n) is 10.2. The first-order valence-electron chi connectivity index (χ1n) is 6.05. The van der Waals surface area contributed by atoms with Gasteiger partial charge >= 0.3 is 0 Å². The zero-order valence-corrected chi connectivity index (χ0v) is 10.2. The largest absolute Gasteiger partial charge is 0.396 e. The first-order chi connectivity index (χ1) is 8.50. The van der Waals surface area contributed by atoms with Gasteiger partial charge in [-0.15, -0.1) is 0 Å². The first kappa shape index (κ1) is 12.8. The lowest BCUT2D eigenvalue weighted by molar-refractivity contribution is 0.0901. The summed E-state index contributed by atoms with van der Waals surface area (Å²) in [5.74, 6) is -2.22. The molecule has 18 heavy (non-hydrogen) atoms. The van der Waals surface area contributed by atoms with E-state index in [1.54, 1.807) is 0 Å². The summed E-state index contributed by atoms with van der Waals surface area (Å²) in [6.45, 7) is 1.85. The Morgan fingerprint density at radius 2 is 2.11 bits per heavy atom. The predicted molar refractivity (Wildman–Crippen MR) is 65.0 cm³/mol. The molecule has 5 heteroatoms. The Labute approximate surface area is 104 Å². The molecule has 1 aliphatic carbocycles. The Kier molecular flexibility index (Phi) is 3.50. The van der Waals surface area contributed by atoms with Crippen molar-refractivity contribution in [1.29, 1.82) is 0 Å². The summed E-state index contributed by atoms with van der Waals surface area (Å²) in [6, 6.07) is 2.03. The molecule has 3 nitrogen and oxygen atoms in total. The highest BCUT2D eigenvalue weighted by Gasteiger charge is 2.27. The third kappa shape index (κ3) is 2.30. The van der Waals surface area contributed by atoms with Gasteiger partial charge in [0.1, 0.15) is 11.4 Å². The van der Waals surface area contributed by atoms with Crippen molar-refractivity contribution < 1.29 is 13.6 Å². The van der Waals surface area contributed by atoms with Crippen molar-refractivity contribution in [2.24, 2.45) is 5.92 Å². The zero-order chi connectivity index (χ0) is 13.3. The van der Waals surface area contributed by atoms with Crippen LogP contribution >= 0.6 is 0 Å². The average molecular weight is 254 g/mol. The Morgan fingerprint density at radius 3 is 2.67 bits per heavy atom. The molecule has 1 fully saturated rings. The number of nitrogens with two attached hydrogens (primary N) is 1. The lowest BCUT2D eigenvalue weighted by Gasteiger charge is -2.31. The smallest absolute Gasteiger partial charge is 0.257 e. The minimum Gasteiger partial charge on any atom is -0.396 e. The van der Waals surface area contributed by atoms with Crippen LogP contribution in [0.2, 0.25) is 0 Å². The molecule has 0 heterocycles. The molecular weight excluding hydrogens is 238 g/mol. The van der Waals surface area contributed by atoms with Gasteiger partial charge in [0.2, 0.25) is 0 Å². The lowest BCUT2D eigenvalue weighted by Crippen LogP contribution is -2.41. The molecule has 1 saturated carbocycles. The van der Waals surface area contributed by atoms with E-state index in [0.717, 1.165) is 31.4 Å². The average Bonchev–Trinajstić information content (AvgIpc) is 2.21.